The molecule has 1 aromatic heterocycles. The Bertz CT molecular complexity index is 498. The normalized spacial score (nSPS) is 15.7. The average molecular weight is 293 g/mol. The number of aryl methyl sites for hydroxylation is 1. The van der Waals surface area contributed by atoms with Crippen LogP contribution in [0.15, 0.2) is 6.20 Å². The monoisotopic (exact) mass is 293 g/mol. The van der Waals surface area contributed by atoms with Crippen molar-refractivity contribution in [3.05, 3.63) is 17.7 Å². The summed E-state index contributed by atoms with van der Waals surface area (Å²) in [4.78, 5) is 18.1. The van der Waals surface area contributed by atoms with Crippen LogP contribution in [0.4, 0.5) is 4.79 Å². The molecule has 1 fully saturated rings. The molecule has 1 aromatic rings. The number of rotatable bonds is 4. The van der Waals surface area contributed by atoms with Crippen molar-refractivity contribution in [3.63, 3.8) is 0 Å². The van der Waals surface area contributed by atoms with Gasteiger partial charge in [-0.15, -0.1) is 0 Å². The molecule has 118 valence electrons. The Kier molecular flexibility index (Phi) is 4.59. The molecule has 1 saturated carbocycles. The lowest BCUT2D eigenvalue weighted by atomic mass is 9.92. The van der Waals surface area contributed by atoms with Crippen LogP contribution >= 0.6 is 0 Å². The number of nitrogens with zero attached hydrogens (tertiary/aromatic N) is 3. The quantitative estimate of drug-likeness (QED) is 0.855. The molecule has 0 radical (unpaired) electrons. The summed E-state index contributed by atoms with van der Waals surface area (Å²) in [5, 5.41) is 0. The number of imidazole rings is 1. The molecule has 5 nitrogen and oxygen atoms in total. The zero-order chi connectivity index (χ0) is 15.6. The van der Waals surface area contributed by atoms with Gasteiger partial charge >= 0.3 is 6.09 Å². The zero-order valence-corrected chi connectivity index (χ0v) is 13.8. The van der Waals surface area contributed by atoms with Gasteiger partial charge in [0.2, 0.25) is 0 Å². The van der Waals surface area contributed by atoms with Crippen LogP contribution in [0.3, 0.4) is 0 Å². The molecule has 0 saturated heterocycles. The van der Waals surface area contributed by atoms with Gasteiger partial charge in [-0.1, -0.05) is 0 Å². The second-order valence-electron chi connectivity index (χ2n) is 6.92. The molecule has 0 aliphatic heterocycles. The molecule has 21 heavy (non-hydrogen) atoms. The van der Waals surface area contributed by atoms with E-state index in [4.69, 9.17) is 4.74 Å². The smallest absolute Gasteiger partial charge is 0.410 e. The minimum Gasteiger partial charge on any atom is -0.444 e. The van der Waals surface area contributed by atoms with Crippen molar-refractivity contribution in [1.29, 1.82) is 0 Å². The maximum Gasteiger partial charge on any atom is 0.410 e. The summed E-state index contributed by atoms with van der Waals surface area (Å²) in [6, 6.07) is 0.606. The van der Waals surface area contributed by atoms with Crippen LogP contribution in [0.2, 0.25) is 0 Å². The third-order valence-corrected chi connectivity index (χ3v) is 3.87. The second-order valence-corrected chi connectivity index (χ2v) is 6.92. The van der Waals surface area contributed by atoms with Crippen molar-refractivity contribution in [2.45, 2.75) is 65.0 Å². The highest BCUT2D eigenvalue weighted by molar-refractivity contribution is 5.67. The topological polar surface area (TPSA) is 47.4 Å². The molecule has 1 aliphatic carbocycles. The highest BCUT2D eigenvalue weighted by atomic mass is 16.6. The molecule has 0 N–H and O–H groups in total. The number of hydrogen-bond acceptors (Lipinski definition) is 3. The van der Waals surface area contributed by atoms with Crippen LogP contribution in [0.1, 0.15) is 57.6 Å². The van der Waals surface area contributed by atoms with Gasteiger partial charge in [-0.3, -0.25) is 0 Å². The fourth-order valence-corrected chi connectivity index (χ4v) is 2.52. The van der Waals surface area contributed by atoms with Crippen molar-refractivity contribution >= 4 is 6.09 Å². The van der Waals surface area contributed by atoms with E-state index in [0.717, 1.165) is 12.2 Å². The summed E-state index contributed by atoms with van der Waals surface area (Å²) in [6.07, 6.45) is 6.21. The predicted molar refractivity (Wildman–Crippen MR) is 82.4 cm³/mol. The van der Waals surface area contributed by atoms with Crippen molar-refractivity contribution in [2.24, 2.45) is 0 Å². The molecule has 0 unspecified atom stereocenters. The van der Waals surface area contributed by atoms with Crippen molar-refractivity contribution < 1.29 is 9.53 Å². The molecule has 1 heterocycles. The fourth-order valence-electron chi connectivity index (χ4n) is 2.52. The third-order valence-electron chi connectivity index (χ3n) is 3.87. The van der Waals surface area contributed by atoms with Crippen LogP contribution < -0.4 is 0 Å². The van der Waals surface area contributed by atoms with E-state index in [2.05, 4.69) is 16.5 Å². The first-order valence-corrected chi connectivity index (χ1v) is 7.75. The summed E-state index contributed by atoms with van der Waals surface area (Å²) in [7, 11) is 1.78. The standard InChI is InChI=1S/C16H27N3O2/c1-12-11-17-14(19(12)13-7-6-8-13)9-10-18(5)15(20)21-16(2,3)4/h11,13H,6-10H2,1-5H3. The van der Waals surface area contributed by atoms with Gasteiger partial charge in [0.05, 0.1) is 0 Å². The van der Waals surface area contributed by atoms with Gasteiger partial charge in [-0.25, -0.2) is 9.78 Å². The minimum atomic E-state index is -0.452. The van der Waals surface area contributed by atoms with Crippen molar-refractivity contribution in [1.82, 2.24) is 14.5 Å². The maximum absolute atomic E-state index is 11.9. The van der Waals surface area contributed by atoms with Crippen molar-refractivity contribution in [2.75, 3.05) is 13.6 Å². The fraction of sp³-hybridized carbons (Fsp3) is 0.750. The van der Waals surface area contributed by atoms with Gasteiger partial charge in [-0.05, 0) is 47.0 Å². The highest BCUT2D eigenvalue weighted by Gasteiger charge is 2.24. The van der Waals surface area contributed by atoms with Crippen LogP contribution in [0, 0.1) is 6.92 Å². The van der Waals surface area contributed by atoms with Gasteiger partial charge in [0, 0.05) is 37.9 Å². The molecule has 0 aromatic carbocycles. The lowest BCUT2D eigenvalue weighted by Crippen LogP contribution is -2.35. The Labute approximate surface area is 127 Å². The SMILES string of the molecule is Cc1cnc(CCN(C)C(=O)OC(C)(C)C)n1C1CCC1. The second kappa shape index (κ2) is 6.08. The number of aromatic nitrogens is 2. The van der Waals surface area contributed by atoms with Crippen LogP contribution in [0.5, 0.6) is 0 Å². The van der Waals surface area contributed by atoms with E-state index in [0.29, 0.717) is 12.6 Å². The average Bonchev–Trinajstić information content (AvgIpc) is 2.64. The lowest BCUT2D eigenvalue weighted by Gasteiger charge is -2.30. The number of ether oxygens (including phenoxy) is 1. The van der Waals surface area contributed by atoms with E-state index in [-0.39, 0.29) is 6.09 Å². The predicted octanol–water partition coefficient (Wildman–Crippen LogP) is 3.33. The van der Waals surface area contributed by atoms with Gasteiger partial charge in [-0.2, -0.15) is 0 Å². The summed E-state index contributed by atoms with van der Waals surface area (Å²) in [6.45, 7) is 8.37. The Balaban J connectivity index is 1.92. The first kappa shape index (κ1) is 15.9. The summed E-state index contributed by atoms with van der Waals surface area (Å²) in [5.41, 5.74) is 0.765. The number of hydrogen-bond donors (Lipinski definition) is 0. The Hall–Kier alpha value is -1.52. The van der Waals surface area contributed by atoms with Gasteiger partial charge in [0.15, 0.2) is 0 Å². The van der Waals surface area contributed by atoms with Gasteiger partial charge < -0.3 is 14.2 Å². The summed E-state index contributed by atoms with van der Waals surface area (Å²) in [5.74, 6) is 1.08. The van der Waals surface area contributed by atoms with Gasteiger partial charge in [0.1, 0.15) is 11.4 Å². The number of likely N-dealkylation sites (N-methyl/N-ethyl adjacent to an activating group) is 1. The van der Waals surface area contributed by atoms with E-state index in [1.807, 2.05) is 27.0 Å². The Morgan fingerprint density at radius 2 is 2.14 bits per heavy atom. The molecule has 0 atom stereocenters. The van der Waals surface area contributed by atoms with E-state index < -0.39 is 5.60 Å². The highest BCUT2D eigenvalue weighted by Crippen LogP contribution is 2.33. The number of carbonyl (C=O) groups excluding carboxylic acids is 1. The van der Waals surface area contributed by atoms with Gasteiger partial charge in [0.25, 0.3) is 0 Å². The lowest BCUT2D eigenvalue weighted by molar-refractivity contribution is 0.0299. The Morgan fingerprint density at radius 1 is 1.48 bits per heavy atom. The first-order valence-electron chi connectivity index (χ1n) is 7.75. The molecule has 5 heteroatoms. The summed E-state index contributed by atoms with van der Waals surface area (Å²) >= 11 is 0. The molecular formula is C16H27N3O2. The summed E-state index contributed by atoms with van der Waals surface area (Å²) < 4.78 is 7.70. The number of amides is 1. The van der Waals surface area contributed by atoms with E-state index in [1.54, 1.807) is 11.9 Å². The molecule has 1 aliphatic rings. The minimum absolute atomic E-state index is 0.277. The van der Waals surface area contributed by atoms with E-state index in [1.165, 1.54) is 25.0 Å². The van der Waals surface area contributed by atoms with E-state index in [9.17, 15) is 4.79 Å². The molecule has 1 amide bonds. The van der Waals surface area contributed by atoms with Crippen LogP contribution in [-0.2, 0) is 11.2 Å². The molecule has 2 rings (SSSR count). The zero-order valence-electron chi connectivity index (χ0n) is 13.8. The molecular weight excluding hydrogens is 266 g/mol. The van der Waals surface area contributed by atoms with Crippen LogP contribution in [0.25, 0.3) is 0 Å². The van der Waals surface area contributed by atoms with Crippen LogP contribution in [-0.4, -0.2) is 39.7 Å². The first-order chi connectivity index (χ1) is 9.78. The molecule has 0 spiro atoms. The maximum atomic E-state index is 11.9. The number of carbonyl (C=O) groups is 1. The third kappa shape index (κ3) is 3.99. The largest absolute Gasteiger partial charge is 0.444 e. The Morgan fingerprint density at radius 3 is 2.67 bits per heavy atom. The van der Waals surface area contributed by atoms with E-state index >= 15 is 0 Å². The molecule has 0 bridgehead atoms. The van der Waals surface area contributed by atoms with Crippen molar-refractivity contribution in [3.8, 4) is 0 Å².